The quantitative estimate of drug-likeness (QED) is 0.832. The molecule has 2 aromatic carbocycles. The minimum absolute atomic E-state index is 0.0369. The van der Waals surface area contributed by atoms with E-state index in [0.29, 0.717) is 0 Å². The number of benzene rings is 2. The van der Waals surface area contributed by atoms with E-state index >= 15 is 0 Å². The van der Waals surface area contributed by atoms with Crippen LogP contribution in [0.2, 0.25) is 0 Å². The molecule has 1 unspecified atom stereocenters. The van der Waals surface area contributed by atoms with Crippen molar-refractivity contribution in [3.8, 4) is 0 Å². The number of hydrogen-bond acceptors (Lipinski definition) is 2. The van der Waals surface area contributed by atoms with E-state index in [4.69, 9.17) is 5.73 Å². The number of rotatable bonds is 2. The van der Waals surface area contributed by atoms with Crippen LogP contribution in [0.25, 0.3) is 0 Å². The first kappa shape index (κ1) is 13.6. The second-order valence-electron chi connectivity index (χ2n) is 5.35. The molecule has 108 valence electrons. The number of carbonyl (C=O) groups excluding carboxylic acids is 1. The van der Waals surface area contributed by atoms with Crippen LogP contribution in [0, 0.1) is 5.82 Å². The SMILES string of the molecule is Nc1ccc(F)cc1C(=O)NC1CCCc2ccccc21. The Bertz CT molecular complexity index is 684. The fraction of sp³-hybridized carbons (Fsp3) is 0.235. The van der Waals surface area contributed by atoms with Gasteiger partial charge in [-0.3, -0.25) is 4.79 Å². The lowest BCUT2D eigenvalue weighted by Gasteiger charge is -2.26. The highest BCUT2D eigenvalue weighted by Crippen LogP contribution is 2.30. The molecule has 0 saturated carbocycles. The number of halogens is 1. The molecule has 0 aliphatic heterocycles. The molecule has 1 amide bonds. The predicted molar refractivity (Wildman–Crippen MR) is 80.4 cm³/mol. The van der Waals surface area contributed by atoms with Gasteiger partial charge in [0.15, 0.2) is 0 Å². The Morgan fingerprint density at radius 2 is 2.05 bits per heavy atom. The lowest BCUT2D eigenvalue weighted by molar-refractivity contribution is 0.0933. The highest BCUT2D eigenvalue weighted by molar-refractivity contribution is 5.99. The van der Waals surface area contributed by atoms with Crippen LogP contribution >= 0.6 is 0 Å². The molecular formula is C17H17FN2O. The fourth-order valence-electron chi connectivity index (χ4n) is 2.87. The molecule has 0 radical (unpaired) electrons. The van der Waals surface area contributed by atoms with E-state index in [2.05, 4.69) is 11.4 Å². The summed E-state index contributed by atoms with van der Waals surface area (Å²) in [5.41, 5.74) is 8.66. The van der Waals surface area contributed by atoms with Crippen molar-refractivity contribution in [1.29, 1.82) is 0 Å². The van der Waals surface area contributed by atoms with Crippen molar-refractivity contribution in [3.63, 3.8) is 0 Å². The van der Waals surface area contributed by atoms with Gasteiger partial charge in [-0.05, 0) is 48.6 Å². The number of carbonyl (C=O) groups is 1. The van der Waals surface area contributed by atoms with Crippen molar-refractivity contribution in [3.05, 3.63) is 65.0 Å². The van der Waals surface area contributed by atoms with Crippen LogP contribution < -0.4 is 11.1 Å². The van der Waals surface area contributed by atoms with Gasteiger partial charge < -0.3 is 11.1 Å². The van der Waals surface area contributed by atoms with E-state index in [1.54, 1.807) is 0 Å². The Hall–Kier alpha value is -2.36. The molecule has 21 heavy (non-hydrogen) atoms. The Morgan fingerprint density at radius 1 is 1.24 bits per heavy atom. The molecule has 0 aromatic heterocycles. The normalized spacial score (nSPS) is 17.1. The highest BCUT2D eigenvalue weighted by Gasteiger charge is 2.22. The van der Waals surface area contributed by atoms with E-state index in [1.165, 1.54) is 23.8 Å². The molecule has 0 heterocycles. The van der Waals surface area contributed by atoms with Crippen LogP contribution in [-0.4, -0.2) is 5.91 Å². The van der Waals surface area contributed by atoms with Crippen molar-refractivity contribution in [2.75, 3.05) is 5.73 Å². The molecule has 0 spiro atoms. The number of aryl methyl sites for hydroxylation is 1. The van der Waals surface area contributed by atoms with Gasteiger partial charge in [0.1, 0.15) is 5.82 Å². The maximum absolute atomic E-state index is 13.3. The van der Waals surface area contributed by atoms with Gasteiger partial charge in [0.2, 0.25) is 0 Å². The standard InChI is InChI=1S/C17H17FN2O/c18-12-8-9-15(19)14(10-12)17(21)20-16-7-3-5-11-4-1-2-6-13(11)16/h1-2,4,6,8-10,16H,3,5,7,19H2,(H,20,21). The third-order valence-corrected chi connectivity index (χ3v) is 3.93. The fourth-order valence-corrected chi connectivity index (χ4v) is 2.87. The highest BCUT2D eigenvalue weighted by atomic mass is 19.1. The summed E-state index contributed by atoms with van der Waals surface area (Å²) in [6.07, 6.45) is 2.95. The van der Waals surface area contributed by atoms with Crippen LogP contribution in [0.4, 0.5) is 10.1 Å². The molecule has 1 aliphatic carbocycles. The minimum atomic E-state index is -0.460. The van der Waals surface area contributed by atoms with Gasteiger partial charge in [0.25, 0.3) is 5.91 Å². The van der Waals surface area contributed by atoms with Gasteiger partial charge in [-0.15, -0.1) is 0 Å². The lowest BCUT2D eigenvalue weighted by atomic mass is 9.87. The molecule has 0 saturated heterocycles. The number of nitrogens with two attached hydrogens (primary N) is 1. The number of anilines is 1. The number of fused-ring (bicyclic) bond motifs is 1. The Morgan fingerprint density at radius 3 is 2.90 bits per heavy atom. The van der Waals surface area contributed by atoms with E-state index in [1.807, 2.05) is 18.2 Å². The molecule has 1 atom stereocenters. The Kier molecular flexibility index (Phi) is 3.60. The number of hydrogen-bond donors (Lipinski definition) is 2. The van der Waals surface area contributed by atoms with Gasteiger partial charge in [-0.1, -0.05) is 24.3 Å². The average molecular weight is 284 g/mol. The molecule has 3 rings (SSSR count). The van der Waals surface area contributed by atoms with Crippen LogP contribution in [0.3, 0.4) is 0 Å². The van der Waals surface area contributed by atoms with E-state index < -0.39 is 5.82 Å². The third-order valence-electron chi connectivity index (χ3n) is 3.93. The first-order valence-corrected chi connectivity index (χ1v) is 7.09. The molecular weight excluding hydrogens is 267 g/mol. The first-order chi connectivity index (χ1) is 10.1. The van der Waals surface area contributed by atoms with Crippen LogP contribution in [0.5, 0.6) is 0 Å². The zero-order valence-corrected chi connectivity index (χ0v) is 11.6. The summed E-state index contributed by atoms with van der Waals surface area (Å²) in [5.74, 6) is -0.785. The number of nitrogen functional groups attached to an aromatic ring is 1. The molecule has 0 bridgehead atoms. The molecule has 3 N–H and O–H groups in total. The second-order valence-corrected chi connectivity index (χ2v) is 5.35. The second kappa shape index (κ2) is 5.56. The molecule has 3 nitrogen and oxygen atoms in total. The minimum Gasteiger partial charge on any atom is -0.398 e. The van der Waals surface area contributed by atoms with E-state index in [-0.39, 0.29) is 23.2 Å². The summed E-state index contributed by atoms with van der Waals surface area (Å²) in [6.45, 7) is 0. The summed E-state index contributed by atoms with van der Waals surface area (Å²) >= 11 is 0. The maximum atomic E-state index is 13.3. The van der Waals surface area contributed by atoms with Crippen molar-refractivity contribution >= 4 is 11.6 Å². The largest absolute Gasteiger partial charge is 0.398 e. The van der Waals surface area contributed by atoms with E-state index in [0.717, 1.165) is 24.8 Å². The summed E-state index contributed by atoms with van der Waals surface area (Å²) < 4.78 is 13.3. The van der Waals surface area contributed by atoms with Gasteiger partial charge in [-0.2, -0.15) is 0 Å². The van der Waals surface area contributed by atoms with Crippen molar-refractivity contribution in [1.82, 2.24) is 5.32 Å². The van der Waals surface area contributed by atoms with Gasteiger partial charge >= 0.3 is 0 Å². The molecule has 0 fully saturated rings. The van der Waals surface area contributed by atoms with Crippen molar-refractivity contribution < 1.29 is 9.18 Å². The zero-order chi connectivity index (χ0) is 14.8. The third kappa shape index (κ3) is 2.75. The smallest absolute Gasteiger partial charge is 0.253 e. The van der Waals surface area contributed by atoms with Crippen LogP contribution in [0.1, 0.15) is 40.4 Å². The number of nitrogens with one attached hydrogen (secondary N) is 1. The molecule has 2 aromatic rings. The average Bonchev–Trinajstić information content (AvgIpc) is 2.50. The topological polar surface area (TPSA) is 55.1 Å². The molecule has 1 aliphatic rings. The van der Waals surface area contributed by atoms with Crippen molar-refractivity contribution in [2.24, 2.45) is 0 Å². The first-order valence-electron chi connectivity index (χ1n) is 7.09. The van der Waals surface area contributed by atoms with Gasteiger partial charge in [0.05, 0.1) is 11.6 Å². The zero-order valence-electron chi connectivity index (χ0n) is 11.6. The maximum Gasteiger partial charge on any atom is 0.253 e. The van der Waals surface area contributed by atoms with Crippen LogP contribution in [0.15, 0.2) is 42.5 Å². The summed E-state index contributed by atoms with van der Waals surface area (Å²) in [6, 6.07) is 11.9. The lowest BCUT2D eigenvalue weighted by Crippen LogP contribution is -2.31. The monoisotopic (exact) mass is 284 g/mol. The van der Waals surface area contributed by atoms with Crippen molar-refractivity contribution in [2.45, 2.75) is 25.3 Å². The van der Waals surface area contributed by atoms with Gasteiger partial charge in [-0.25, -0.2) is 4.39 Å². The van der Waals surface area contributed by atoms with Gasteiger partial charge in [0, 0.05) is 5.69 Å². The Balaban J connectivity index is 1.84. The summed E-state index contributed by atoms with van der Waals surface area (Å²) in [4.78, 5) is 12.3. The van der Waals surface area contributed by atoms with E-state index in [9.17, 15) is 9.18 Å². The number of amides is 1. The predicted octanol–water partition coefficient (Wildman–Crippen LogP) is 3.22. The van der Waals surface area contributed by atoms with Crippen LogP contribution in [-0.2, 0) is 6.42 Å². The Labute approximate surface area is 123 Å². The summed E-state index contributed by atoms with van der Waals surface area (Å²) in [7, 11) is 0. The molecule has 4 heteroatoms. The summed E-state index contributed by atoms with van der Waals surface area (Å²) in [5, 5.41) is 2.97.